The maximum Gasteiger partial charge on any atom is 0.416 e. The quantitative estimate of drug-likeness (QED) is 0.848. The molecule has 0 aliphatic carbocycles. The molecule has 2 nitrogen and oxygen atoms in total. The fourth-order valence-electron chi connectivity index (χ4n) is 3.05. The maximum atomic E-state index is 13.3. The second-order valence-electron chi connectivity index (χ2n) is 5.57. The summed E-state index contributed by atoms with van der Waals surface area (Å²) < 4.78 is 45.5. The predicted molar refractivity (Wildman–Crippen MR) is 65.0 cm³/mol. The van der Waals surface area contributed by atoms with E-state index in [0.717, 1.165) is 5.56 Å². The Labute approximate surface area is 109 Å². The molecule has 5 heteroatoms. The monoisotopic (exact) mass is 271 g/mol. The number of nitrogens with one attached hydrogen (secondary N) is 1. The van der Waals surface area contributed by atoms with Crippen molar-refractivity contribution in [2.45, 2.75) is 38.1 Å². The van der Waals surface area contributed by atoms with Crippen molar-refractivity contribution in [1.29, 1.82) is 0 Å². The zero-order chi connectivity index (χ0) is 13.8. The summed E-state index contributed by atoms with van der Waals surface area (Å²) in [6.07, 6.45) is -3.72. The highest BCUT2D eigenvalue weighted by Gasteiger charge is 2.51. The van der Waals surface area contributed by atoms with Crippen LogP contribution in [0, 0.1) is 13.8 Å². The van der Waals surface area contributed by atoms with E-state index in [9.17, 15) is 13.2 Å². The first-order valence-electron chi connectivity index (χ1n) is 6.38. The van der Waals surface area contributed by atoms with Gasteiger partial charge in [0.25, 0.3) is 0 Å². The number of alkyl halides is 3. The van der Waals surface area contributed by atoms with Crippen LogP contribution in [0.15, 0.2) is 12.1 Å². The molecule has 2 fully saturated rings. The molecule has 2 atom stereocenters. The van der Waals surface area contributed by atoms with E-state index in [1.807, 2.05) is 6.92 Å². The largest absolute Gasteiger partial charge is 0.416 e. The number of halogens is 3. The Bertz CT molecular complexity index is 516. The van der Waals surface area contributed by atoms with Gasteiger partial charge in [0.05, 0.1) is 12.2 Å². The summed E-state index contributed by atoms with van der Waals surface area (Å²) >= 11 is 0. The molecule has 0 saturated carbocycles. The summed E-state index contributed by atoms with van der Waals surface area (Å²) in [5, 5.41) is 3.22. The molecule has 2 bridgehead atoms. The molecule has 2 unspecified atom stereocenters. The molecule has 1 N–H and O–H groups in total. The van der Waals surface area contributed by atoms with Gasteiger partial charge in [-0.3, -0.25) is 0 Å². The van der Waals surface area contributed by atoms with Gasteiger partial charge < -0.3 is 10.1 Å². The van der Waals surface area contributed by atoms with Crippen molar-refractivity contribution in [3.05, 3.63) is 34.4 Å². The summed E-state index contributed by atoms with van der Waals surface area (Å²) in [6.45, 7) is 4.50. The van der Waals surface area contributed by atoms with Crippen LogP contribution in [0.3, 0.4) is 0 Å². The van der Waals surface area contributed by atoms with Crippen LogP contribution in [0.5, 0.6) is 0 Å². The first-order chi connectivity index (χ1) is 8.82. The Morgan fingerprint density at radius 2 is 1.95 bits per heavy atom. The Morgan fingerprint density at radius 1 is 1.26 bits per heavy atom. The number of ether oxygens (including phenoxy) is 1. The summed E-state index contributed by atoms with van der Waals surface area (Å²) in [5.74, 6) is 0. The van der Waals surface area contributed by atoms with Crippen molar-refractivity contribution < 1.29 is 17.9 Å². The number of rotatable bonds is 1. The van der Waals surface area contributed by atoms with E-state index in [4.69, 9.17) is 4.74 Å². The molecule has 1 aromatic rings. The van der Waals surface area contributed by atoms with Crippen molar-refractivity contribution in [2.24, 2.45) is 0 Å². The lowest BCUT2D eigenvalue weighted by molar-refractivity contribution is -0.141. The topological polar surface area (TPSA) is 21.3 Å². The Morgan fingerprint density at radius 3 is 2.42 bits per heavy atom. The first kappa shape index (κ1) is 12.9. The van der Waals surface area contributed by atoms with Gasteiger partial charge >= 0.3 is 6.18 Å². The van der Waals surface area contributed by atoms with E-state index in [1.165, 1.54) is 6.07 Å². The normalized spacial score (nSPS) is 30.1. The van der Waals surface area contributed by atoms with E-state index >= 15 is 0 Å². The summed E-state index contributed by atoms with van der Waals surface area (Å²) in [4.78, 5) is 0. The SMILES string of the molecule is Cc1cc(C(F)(F)F)c(C23CNC(CO2)C3)cc1C. The molecule has 19 heavy (non-hydrogen) atoms. The molecule has 2 aliphatic rings. The van der Waals surface area contributed by atoms with Crippen molar-refractivity contribution in [3.63, 3.8) is 0 Å². The number of aryl methyl sites for hydroxylation is 2. The molecule has 0 spiro atoms. The molecule has 2 aliphatic heterocycles. The van der Waals surface area contributed by atoms with Gasteiger partial charge in [0.2, 0.25) is 0 Å². The van der Waals surface area contributed by atoms with Crippen molar-refractivity contribution >= 4 is 0 Å². The van der Waals surface area contributed by atoms with Gasteiger partial charge in [-0.25, -0.2) is 0 Å². The van der Waals surface area contributed by atoms with Crippen LogP contribution in [0.1, 0.15) is 28.7 Å². The fraction of sp³-hybridized carbons (Fsp3) is 0.571. The third kappa shape index (κ3) is 1.96. The van der Waals surface area contributed by atoms with Crippen molar-refractivity contribution in [2.75, 3.05) is 13.2 Å². The number of hydrogen-bond acceptors (Lipinski definition) is 2. The Kier molecular flexibility index (Phi) is 2.70. The number of hydrogen-bond donors (Lipinski definition) is 1. The van der Waals surface area contributed by atoms with Crippen LogP contribution >= 0.6 is 0 Å². The van der Waals surface area contributed by atoms with Gasteiger partial charge in [-0.1, -0.05) is 6.07 Å². The van der Waals surface area contributed by atoms with Gasteiger partial charge in [0.1, 0.15) is 5.60 Å². The molecule has 2 heterocycles. The molecule has 0 radical (unpaired) electrons. The van der Waals surface area contributed by atoms with Crippen LogP contribution in [0.4, 0.5) is 13.2 Å². The molecular weight excluding hydrogens is 255 g/mol. The minimum absolute atomic E-state index is 0.183. The summed E-state index contributed by atoms with van der Waals surface area (Å²) in [6, 6.07) is 3.07. The first-order valence-corrected chi connectivity index (χ1v) is 6.38. The van der Waals surface area contributed by atoms with E-state index in [1.54, 1.807) is 13.0 Å². The molecular formula is C14H16F3NO. The standard InChI is InChI=1S/C14H16F3NO/c1-8-3-11(12(4-9(8)2)14(15,16)17)13-5-10(6-19-13)18-7-13/h3-4,10,18H,5-7H2,1-2H3. The van der Waals surface area contributed by atoms with E-state index in [-0.39, 0.29) is 11.6 Å². The van der Waals surface area contributed by atoms with E-state index in [2.05, 4.69) is 5.32 Å². The van der Waals surface area contributed by atoms with Crippen LogP contribution < -0.4 is 5.32 Å². The molecule has 3 rings (SSSR count). The Hall–Kier alpha value is -1.07. The minimum atomic E-state index is -4.34. The number of benzene rings is 1. The lowest BCUT2D eigenvalue weighted by Crippen LogP contribution is -2.38. The second kappa shape index (κ2) is 3.96. The molecule has 0 aromatic heterocycles. The maximum absolute atomic E-state index is 13.3. The zero-order valence-corrected chi connectivity index (χ0v) is 10.9. The van der Waals surface area contributed by atoms with E-state index in [0.29, 0.717) is 25.1 Å². The zero-order valence-electron chi connectivity index (χ0n) is 10.9. The average Bonchev–Trinajstić information content (AvgIpc) is 2.92. The number of morpholine rings is 1. The summed E-state index contributed by atoms with van der Waals surface area (Å²) in [5.41, 5.74) is 0.466. The number of fused-ring (bicyclic) bond motifs is 2. The molecule has 1 aromatic carbocycles. The molecule has 2 saturated heterocycles. The predicted octanol–water partition coefficient (Wildman–Crippen LogP) is 2.91. The van der Waals surface area contributed by atoms with Crippen LogP contribution in [-0.2, 0) is 16.5 Å². The Balaban J connectivity index is 2.17. The third-order valence-electron chi connectivity index (χ3n) is 4.24. The fourth-order valence-corrected chi connectivity index (χ4v) is 3.05. The highest BCUT2D eigenvalue weighted by Crippen LogP contribution is 2.46. The average molecular weight is 271 g/mol. The van der Waals surface area contributed by atoms with Gasteiger partial charge in [0.15, 0.2) is 0 Å². The lowest BCUT2D eigenvalue weighted by Gasteiger charge is -2.30. The van der Waals surface area contributed by atoms with Gasteiger partial charge in [-0.2, -0.15) is 13.2 Å². The van der Waals surface area contributed by atoms with Crippen molar-refractivity contribution in [1.82, 2.24) is 5.32 Å². The third-order valence-corrected chi connectivity index (χ3v) is 4.24. The highest BCUT2D eigenvalue weighted by atomic mass is 19.4. The minimum Gasteiger partial charge on any atom is -0.367 e. The highest BCUT2D eigenvalue weighted by molar-refractivity contribution is 5.43. The van der Waals surface area contributed by atoms with Crippen molar-refractivity contribution in [3.8, 4) is 0 Å². The smallest absolute Gasteiger partial charge is 0.367 e. The molecule has 104 valence electrons. The lowest BCUT2D eigenvalue weighted by atomic mass is 9.86. The van der Waals surface area contributed by atoms with Crippen LogP contribution in [-0.4, -0.2) is 19.2 Å². The van der Waals surface area contributed by atoms with Crippen LogP contribution in [0.25, 0.3) is 0 Å². The van der Waals surface area contributed by atoms with E-state index < -0.39 is 17.3 Å². The van der Waals surface area contributed by atoms with Gasteiger partial charge in [-0.05, 0) is 43.0 Å². The molecule has 0 amide bonds. The van der Waals surface area contributed by atoms with Crippen LogP contribution in [0.2, 0.25) is 0 Å². The second-order valence-corrected chi connectivity index (χ2v) is 5.57. The van der Waals surface area contributed by atoms with Gasteiger partial charge in [0, 0.05) is 12.6 Å². The summed E-state index contributed by atoms with van der Waals surface area (Å²) in [7, 11) is 0. The van der Waals surface area contributed by atoms with Gasteiger partial charge in [-0.15, -0.1) is 0 Å².